The Morgan fingerprint density at radius 1 is 1.35 bits per heavy atom. The van der Waals surface area contributed by atoms with Crippen LogP contribution in [0.5, 0.6) is 11.5 Å². The standard InChI is InChI=1S/C12H19NO3S/c1-8(14)9(2)17-7-10-12(16-4)11(15-3)5-6-13-10/h5-6,8-9,14H,7H2,1-4H3. The van der Waals surface area contributed by atoms with Crippen LogP contribution >= 0.6 is 11.8 Å². The summed E-state index contributed by atoms with van der Waals surface area (Å²) in [6.07, 6.45) is 1.36. The maximum absolute atomic E-state index is 9.43. The second kappa shape index (κ2) is 6.71. The fourth-order valence-electron chi connectivity index (χ4n) is 1.30. The van der Waals surface area contributed by atoms with E-state index in [9.17, 15) is 5.11 Å². The largest absolute Gasteiger partial charge is 0.493 e. The summed E-state index contributed by atoms with van der Waals surface area (Å²) < 4.78 is 10.5. The molecule has 0 amide bonds. The summed E-state index contributed by atoms with van der Waals surface area (Å²) in [5.41, 5.74) is 0.837. The van der Waals surface area contributed by atoms with Crippen LogP contribution in [-0.2, 0) is 5.75 Å². The van der Waals surface area contributed by atoms with Crippen LogP contribution in [0.15, 0.2) is 12.3 Å². The number of aromatic nitrogens is 1. The summed E-state index contributed by atoms with van der Waals surface area (Å²) in [5, 5.41) is 9.59. The van der Waals surface area contributed by atoms with Crippen molar-refractivity contribution >= 4 is 11.8 Å². The van der Waals surface area contributed by atoms with E-state index in [0.29, 0.717) is 17.3 Å². The number of nitrogens with zero attached hydrogens (tertiary/aromatic N) is 1. The molecule has 5 heteroatoms. The summed E-state index contributed by atoms with van der Waals surface area (Å²) in [4.78, 5) is 4.28. The molecule has 0 aliphatic rings. The predicted octanol–water partition coefficient (Wildman–Crippen LogP) is 2.10. The van der Waals surface area contributed by atoms with Gasteiger partial charge in [0.05, 0.1) is 26.0 Å². The van der Waals surface area contributed by atoms with E-state index in [2.05, 4.69) is 4.98 Å². The topological polar surface area (TPSA) is 51.6 Å². The Hall–Kier alpha value is -0.940. The summed E-state index contributed by atoms with van der Waals surface area (Å²) in [6, 6.07) is 1.77. The molecule has 0 aromatic carbocycles. The monoisotopic (exact) mass is 257 g/mol. The Balaban J connectivity index is 2.77. The third-order valence-electron chi connectivity index (χ3n) is 2.53. The third-order valence-corrected chi connectivity index (χ3v) is 3.89. The smallest absolute Gasteiger partial charge is 0.183 e. The van der Waals surface area contributed by atoms with Crippen molar-refractivity contribution in [3.63, 3.8) is 0 Å². The summed E-state index contributed by atoms with van der Waals surface area (Å²) in [6.45, 7) is 3.77. The van der Waals surface area contributed by atoms with Gasteiger partial charge in [0.25, 0.3) is 0 Å². The fourth-order valence-corrected chi connectivity index (χ4v) is 2.21. The van der Waals surface area contributed by atoms with Gasteiger partial charge < -0.3 is 14.6 Å². The summed E-state index contributed by atoms with van der Waals surface area (Å²) >= 11 is 1.64. The number of methoxy groups -OCH3 is 2. The SMILES string of the molecule is COc1ccnc(CSC(C)C(C)O)c1OC. The van der Waals surface area contributed by atoms with Gasteiger partial charge in [-0.15, -0.1) is 11.8 Å². The maximum atomic E-state index is 9.43. The molecule has 2 atom stereocenters. The van der Waals surface area contributed by atoms with Gasteiger partial charge in [-0.1, -0.05) is 6.92 Å². The minimum absolute atomic E-state index is 0.160. The molecule has 0 aliphatic heterocycles. The van der Waals surface area contributed by atoms with E-state index in [1.807, 2.05) is 6.92 Å². The van der Waals surface area contributed by atoms with E-state index in [1.54, 1.807) is 45.2 Å². The number of hydrogen-bond acceptors (Lipinski definition) is 5. The van der Waals surface area contributed by atoms with Crippen LogP contribution in [0, 0.1) is 0 Å². The van der Waals surface area contributed by atoms with Crippen molar-refractivity contribution in [3.05, 3.63) is 18.0 Å². The molecule has 2 unspecified atom stereocenters. The lowest BCUT2D eigenvalue weighted by Gasteiger charge is -2.15. The zero-order chi connectivity index (χ0) is 12.8. The lowest BCUT2D eigenvalue weighted by Crippen LogP contribution is -2.15. The molecular formula is C12H19NO3S. The molecule has 1 aromatic rings. The number of aliphatic hydroxyl groups is 1. The Bertz CT molecular complexity index is 358. The molecule has 4 nitrogen and oxygen atoms in total. The number of aliphatic hydroxyl groups excluding tert-OH is 1. The van der Waals surface area contributed by atoms with Gasteiger partial charge in [-0.3, -0.25) is 4.98 Å². The van der Waals surface area contributed by atoms with Crippen LogP contribution in [0.3, 0.4) is 0 Å². The van der Waals surface area contributed by atoms with Gasteiger partial charge in [0.2, 0.25) is 0 Å². The number of hydrogen-bond donors (Lipinski definition) is 1. The van der Waals surface area contributed by atoms with Gasteiger partial charge in [-0.25, -0.2) is 0 Å². The number of rotatable bonds is 6. The highest BCUT2D eigenvalue weighted by atomic mass is 32.2. The first kappa shape index (κ1) is 14.1. The molecule has 0 saturated heterocycles. The average Bonchev–Trinajstić information content (AvgIpc) is 2.34. The molecule has 0 bridgehead atoms. The molecule has 0 fully saturated rings. The number of thioether (sulfide) groups is 1. The average molecular weight is 257 g/mol. The first-order valence-corrected chi connectivity index (χ1v) is 6.50. The minimum Gasteiger partial charge on any atom is -0.493 e. The molecule has 17 heavy (non-hydrogen) atoms. The molecule has 1 N–H and O–H groups in total. The maximum Gasteiger partial charge on any atom is 0.183 e. The first-order chi connectivity index (χ1) is 8.10. The van der Waals surface area contributed by atoms with Crippen LogP contribution in [-0.4, -0.2) is 35.7 Å². The van der Waals surface area contributed by atoms with Gasteiger partial charge in [0.1, 0.15) is 0 Å². The van der Waals surface area contributed by atoms with Crippen molar-refractivity contribution in [1.82, 2.24) is 4.98 Å². The van der Waals surface area contributed by atoms with Crippen LogP contribution < -0.4 is 9.47 Å². The van der Waals surface area contributed by atoms with E-state index in [0.717, 1.165) is 5.69 Å². The van der Waals surface area contributed by atoms with Gasteiger partial charge in [-0.2, -0.15) is 0 Å². The van der Waals surface area contributed by atoms with Crippen molar-refractivity contribution in [2.24, 2.45) is 0 Å². The van der Waals surface area contributed by atoms with E-state index < -0.39 is 0 Å². The first-order valence-electron chi connectivity index (χ1n) is 5.45. The van der Waals surface area contributed by atoms with Gasteiger partial charge in [0.15, 0.2) is 11.5 Å². The van der Waals surface area contributed by atoms with E-state index in [1.165, 1.54) is 0 Å². The molecule has 0 saturated carbocycles. The van der Waals surface area contributed by atoms with Crippen molar-refractivity contribution in [1.29, 1.82) is 0 Å². The molecule has 1 heterocycles. The molecule has 1 aromatic heterocycles. The van der Waals surface area contributed by atoms with Crippen molar-refractivity contribution in [2.45, 2.75) is 31.0 Å². The second-order valence-corrected chi connectivity index (χ2v) is 5.12. The van der Waals surface area contributed by atoms with E-state index in [4.69, 9.17) is 9.47 Å². The molecule has 1 rings (SSSR count). The quantitative estimate of drug-likeness (QED) is 0.845. The zero-order valence-electron chi connectivity index (χ0n) is 10.6. The highest BCUT2D eigenvalue weighted by Gasteiger charge is 2.14. The van der Waals surface area contributed by atoms with E-state index in [-0.39, 0.29) is 11.4 Å². The van der Waals surface area contributed by atoms with Crippen LogP contribution in [0.25, 0.3) is 0 Å². The van der Waals surface area contributed by atoms with Crippen molar-refractivity contribution < 1.29 is 14.6 Å². The molecule has 0 aliphatic carbocycles. The van der Waals surface area contributed by atoms with E-state index >= 15 is 0 Å². The third kappa shape index (κ3) is 3.78. The van der Waals surface area contributed by atoms with Gasteiger partial charge >= 0.3 is 0 Å². The Labute approximate surface area is 106 Å². The molecule has 96 valence electrons. The normalized spacial score (nSPS) is 14.2. The highest BCUT2D eigenvalue weighted by molar-refractivity contribution is 7.99. The Morgan fingerprint density at radius 2 is 2.06 bits per heavy atom. The molecular weight excluding hydrogens is 238 g/mol. The highest BCUT2D eigenvalue weighted by Crippen LogP contribution is 2.32. The Morgan fingerprint density at radius 3 is 2.59 bits per heavy atom. The second-order valence-electron chi connectivity index (χ2n) is 3.75. The number of pyridine rings is 1. The van der Waals surface area contributed by atoms with Crippen molar-refractivity contribution in [3.8, 4) is 11.5 Å². The predicted molar refractivity (Wildman–Crippen MR) is 69.8 cm³/mol. The van der Waals surface area contributed by atoms with Crippen LogP contribution in [0.4, 0.5) is 0 Å². The summed E-state index contributed by atoms with van der Waals surface area (Å²) in [7, 11) is 3.21. The van der Waals surface area contributed by atoms with Gasteiger partial charge in [0, 0.05) is 23.3 Å². The zero-order valence-corrected chi connectivity index (χ0v) is 11.5. The minimum atomic E-state index is -0.336. The fraction of sp³-hybridized carbons (Fsp3) is 0.583. The molecule has 0 radical (unpaired) electrons. The lowest BCUT2D eigenvalue weighted by molar-refractivity contribution is 0.196. The lowest BCUT2D eigenvalue weighted by atomic mass is 10.3. The number of ether oxygens (including phenoxy) is 2. The van der Waals surface area contributed by atoms with Gasteiger partial charge in [-0.05, 0) is 6.92 Å². The van der Waals surface area contributed by atoms with Crippen LogP contribution in [0.2, 0.25) is 0 Å². The summed E-state index contributed by atoms with van der Waals surface area (Å²) in [5.74, 6) is 2.04. The Kier molecular flexibility index (Phi) is 5.58. The molecule has 0 spiro atoms. The van der Waals surface area contributed by atoms with Crippen LogP contribution in [0.1, 0.15) is 19.5 Å². The van der Waals surface area contributed by atoms with Crippen molar-refractivity contribution in [2.75, 3.05) is 14.2 Å².